The third kappa shape index (κ3) is 6.10. The van der Waals surface area contributed by atoms with E-state index in [4.69, 9.17) is 0 Å². The zero-order chi connectivity index (χ0) is 20.0. The highest BCUT2D eigenvalue weighted by Gasteiger charge is 2.12. The van der Waals surface area contributed by atoms with Crippen LogP contribution in [0.25, 0.3) is 6.08 Å². The summed E-state index contributed by atoms with van der Waals surface area (Å²) in [6.07, 6.45) is 3.18. The maximum absolute atomic E-state index is 12.1. The Labute approximate surface area is 161 Å². The minimum absolute atomic E-state index is 0.0695. The van der Waals surface area contributed by atoms with Crippen molar-refractivity contribution in [1.29, 1.82) is 0 Å². The Morgan fingerprint density at radius 1 is 0.963 bits per heavy atom. The molecule has 27 heavy (non-hydrogen) atoms. The molecule has 142 valence electrons. The van der Waals surface area contributed by atoms with Crippen LogP contribution in [0.3, 0.4) is 0 Å². The topological polar surface area (TPSA) is 58.2 Å². The van der Waals surface area contributed by atoms with Gasteiger partial charge in [0, 0.05) is 11.8 Å². The molecule has 0 aliphatic rings. The molecule has 0 aromatic heterocycles. The zero-order valence-corrected chi connectivity index (χ0v) is 16.7. The van der Waals surface area contributed by atoms with Gasteiger partial charge in [0.15, 0.2) is 0 Å². The van der Waals surface area contributed by atoms with Crippen molar-refractivity contribution in [1.82, 2.24) is 5.32 Å². The van der Waals surface area contributed by atoms with Crippen molar-refractivity contribution in [2.24, 2.45) is 0 Å². The highest BCUT2D eigenvalue weighted by atomic mass is 16.2. The highest BCUT2D eigenvalue weighted by Crippen LogP contribution is 2.22. The van der Waals surface area contributed by atoms with Crippen molar-refractivity contribution in [2.75, 3.05) is 11.9 Å². The largest absolute Gasteiger partial charge is 0.343 e. The van der Waals surface area contributed by atoms with Crippen molar-refractivity contribution >= 4 is 23.6 Å². The molecule has 0 aliphatic heterocycles. The van der Waals surface area contributed by atoms with Crippen LogP contribution in [0.1, 0.15) is 43.0 Å². The summed E-state index contributed by atoms with van der Waals surface area (Å²) in [5.74, 6) is -0.546. The lowest BCUT2D eigenvalue weighted by Gasteiger charge is -2.18. The number of benzene rings is 2. The number of aryl methyl sites for hydroxylation is 2. The molecule has 0 spiro atoms. The van der Waals surface area contributed by atoms with Gasteiger partial charge in [-0.2, -0.15) is 0 Å². The summed E-state index contributed by atoms with van der Waals surface area (Å²) in [6, 6.07) is 13.9. The summed E-state index contributed by atoms with van der Waals surface area (Å²) < 4.78 is 0. The van der Waals surface area contributed by atoms with Crippen LogP contribution in [0.4, 0.5) is 5.69 Å². The summed E-state index contributed by atoms with van der Waals surface area (Å²) in [4.78, 5) is 24.0. The van der Waals surface area contributed by atoms with Crippen molar-refractivity contribution < 1.29 is 9.59 Å². The van der Waals surface area contributed by atoms with Crippen molar-refractivity contribution in [3.05, 3.63) is 70.8 Å². The average molecular weight is 364 g/mol. The number of anilines is 1. The SMILES string of the molecule is Cc1cccc(C)c1NC(=O)CNC(=O)/C=C/c1ccc(C(C)(C)C)cc1. The second-order valence-electron chi connectivity index (χ2n) is 7.74. The van der Waals surface area contributed by atoms with E-state index < -0.39 is 0 Å². The molecule has 0 radical (unpaired) electrons. The zero-order valence-electron chi connectivity index (χ0n) is 16.7. The van der Waals surface area contributed by atoms with Gasteiger partial charge in [-0.15, -0.1) is 0 Å². The van der Waals surface area contributed by atoms with Gasteiger partial charge < -0.3 is 10.6 Å². The lowest BCUT2D eigenvalue weighted by molar-refractivity contribution is -0.121. The van der Waals surface area contributed by atoms with Crippen LogP contribution >= 0.6 is 0 Å². The molecule has 0 fully saturated rings. The molecule has 0 unspecified atom stereocenters. The van der Waals surface area contributed by atoms with Crippen LogP contribution in [0.2, 0.25) is 0 Å². The Morgan fingerprint density at radius 3 is 2.11 bits per heavy atom. The van der Waals surface area contributed by atoms with Gasteiger partial charge in [0.05, 0.1) is 6.54 Å². The maximum Gasteiger partial charge on any atom is 0.244 e. The summed E-state index contributed by atoms with van der Waals surface area (Å²) in [5, 5.41) is 5.46. The van der Waals surface area contributed by atoms with Crippen LogP contribution in [0.15, 0.2) is 48.5 Å². The molecule has 0 saturated carbocycles. The Bertz CT molecular complexity index is 823. The molecular weight excluding hydrogens is 336 g/mol. The van der Waals surface area contributed by atoms with Gasteiger partial charge >= 0.3 is 0 Å². The number of carbonyl (C=O) groups is 2. The second-order valence-corrected chi connectivity index (χ2v) is 7.74. The van der Waals surface area contributed by atoms with Gasteiger partial charge in [-0.3, -0.25) is 9.59 Å². The van der Waals surface area contributed by atoms with Crippen LogP contribution in [0.5, 0.6) is 0 Å². The third-order valence-corrected chi connectivity index (χ3v) is 4.37. The van der Waals surface area contributed by atoms with Gasteiger partial charge in [0.25, 0.3) is 0 Å². The summed E-state index contributed by atoms with van der Waals surface area (Å²) in [5.41, 5.74) is 5.07. The lowest BCUT2D eigenvalue weighted by Crippen LogP contribution is -2.32. The van der Waals surface area contributed by atoms with Gasteiger partial charge in [-0.1, -0.05) is 63.2 Å². The number of rotatable bonds is 5. The van der Waals surface area contributed by atoms with Gasteiger partial charge in [-0.25, -0.2) is 0 Å². The molecule has 4 nitrogen and oxygen atoms in total. The first kappa shape index (κ1) is 20.4. The quantitative estimate of drug-likeness (QED) is 0.774. The first-order valence-corrected chi connectivity index (χ1v) is 9.09. The summed E-state index contributed by atoms with van der Waals surface area (Å²) >= 11 is 0. The summed E-state index contributed by atoms with van der Waals surface area (Å²) in [7, 11) is 0. The van der Waals surface area contributed by atoms with E-state index in [2.05, 4.69) is 43.5 Å². The Kier molecular flexibility index (Phi) is 6.56. The number of nitrogens with one attached hydrogen (secondary N) is 2. The first-order valence-electron chi connectivity index (χ1n) is 9.09. The molecule has 2 N–H and O–H groups in total. The Morgan fingerprint density at radius 2 is 1.56 bits per heavy atom. The summed E-state index contributed by atoms with van der Waals surface area (Å²) in [6.45, 7) is 10.3. The second kappa shape index (κ2) is 8.67. The molecule has 2 aromatic rings. The van der Waals surface area contributed by atoms with E-state index in [1.807, 2.05) is 44.2 Å². The van der Waals surface area contributed by atoms with E-state index in [1.165, 1.54) is 11.6 Å². The van der Waals surface area contributed by atoms with Crippen molar-refractivity contribution in [3.63, 3.8) is 0 Å². The molecular formula is C23H28N2O2. The molecule has 0 atom stereocenters. The number of hydrogen-bond acceptors (Lipinski definition) is 2. The number of amides is 2. The maximum atomic E-state index is 12.1. The molecule has 0 saturated heterocycles. The average Bonchev–Trinajstić information content (AvgIpc) is 2.61. The smallest absolute Gasteiger partial charge is 0.244 e. The minimum Gasteiger partial charge on any atom is -0.343 e. The van der Waals surface area contributed by atoms with Crippen LogP contribution < -0.4 is 10.6 Å². The van der Waals surface area contributed by atoms with E-state index in [0.29, 0.717) is 0 Å². The monoisotopic (exact) mass is 364 g/mol. The predicted octanol–water partition coefficient (Wildman–Crippen LogP) is 4.37. The minimum atomic E-state index is -0.299. The number of para-hydroxylation sites is 1. The molecule has 0 aliphatic carbocycles. The molecule has 2 rings (SSSR count). The molecule has 0 heterocycles. The normalized spacial score (nSPS) is 11.4. The van der Waals surface area contributed by atoms with E-state index >= 15 is 0 Å². The fourth-order valence-corrected chi connectivity index (χ4v) is 2.69. The number of hydrogen-bond donors (Lipinski definition) is 2. The predicted molar refractivity (Wildman–Crippen MR) is 112 cm³/mol. The van der Waals surface area contributed by atoms with E-state index in [0.717, 1.165) is 22.4 Å². The molecule has 2 amide bonds. The van der Waals surface area contributed by atoms with E-state index in [9.17, 15) is 9.59 Å². The van der Waals surface area contributed by atoms with Crippen LogP contribution in [0, 0.1) is 13.8 Å². The fraction of sp³-hybridized carbons (Fsp3) is 0.304. The molecule has 0 bridgehead atoms. The molecule has 2 aromatic carbocycles. The molecule has 4 heteroatoms. The van der Waals surface area contributed by atoms with E-state index in [1.54, 1.807) is 6.08 Å². The van der Waals surface area contributed by atoms with Gasteiger partial charge in [0.2, 0.25) is 11.8 Å². The first-order chi connectivity index (χ1) is 12.7. The highest BCUT2D eigenvalue weighted by molar-refractivity contribution is 5.98. The Hall–Kier alpha value is -2.88. The van der Waals surface area contributed by atoms with E-state index in [-0.39, 0.29) is 23.8 Å². The van der Waals surface area contributed by atoms with Crippen molar-refractivity contribution in [3.8, 4) is 0 Å². The van der Waals surface area contributed by atoms with Crippen LogP contribution in [-0.4, -0.2) is 18.4 Å². The lowest BCUT2D eigenvalue weighted by atomic mass is 9.87. The van der Waals surface area contributed by atoms with Gasteiger partial charge in [-0.05, 0) is 47.6 Å². The third-order valence-electron chi connectivity index (χ3n) is 4.37. The number of carbonyl (C=O) groups excluding carboxylic acids is 2. The standard InChI is InChI=1S/C23H28N2O2/c1-16-7-6-8-17(2)22(16)25-21(27)15-24-20(26)14-11-18-9-12-19(13-10-18)23(3,4)5/h6-14H,15H2,1-5H3,(H,24,26)(H,25,27)/b14-11+. The van der Waals surface area contributed by atoms with Crippen molar-refractivity contribution in [2.45, 2.75) is 40.0 Å². The fourth-order valence-electron chi connectivity index (χ4n) is 2.69. The van der Waals surface area contributed by atoms with Gasteiger partial charge in [0.1, 0.15) is 0 Å². The Balaban J connectivity index is 1.87. The van der Waals surface area contributed by atoms with Crippen LogP contribution in [-0.2, 0) is 15.0 Å².